The van der Waals surface area contributed by atoms with E-state index in [4.69, 9.17) is 8.85 Å². The van der Waals surface area contributed by atoms with Crippen molar-refractivity contribution in [2.45, 2.75) is 6.42 Å². The highest BCUT2D eigenvalue weighted by molar-refractivity contribution is 6.85. The molecule has 3 heteroatoms. The molecule has 1 aliphatic rings. The van der Waals surface area contributed by atoms with Gasteiger partial charge in [-0.05, 0) is 34.4 Å². The molecule has 0 saturated carbocycles. The van der Waals surface area contributed by atoms with E-state index in [0.29, 0.717) is 0 Å². The van der Waals surface area contributed by atoms with Crippen molar-refractivity contribution in [1.29, 1.82) is 0 Å². The summed E-state index contributed by atoms with van der Waals surface area (Å²) in [7, 11) is 0.889. The first-order valence-corrected chi connectivity index (χ1v) is 8.59. The third-order valence-corrected chi connectivity index (χ3v) is 7.07. The smallest absolute Gasteiger partial charge is 0.391 e. The Balaban J connectivity index is 2.21. The summed E-state index contributed by atoms with van der Waals surface area (Å²) in [6, 6.07) is 14.9. The summed E-state index contributed by atoms with van der Waals surface area (Å²) in [4.78, 5) is 0. The SMILES string of the molecule is C=C[Si](OC)(OC)c1cccc2c1Cc1ccccc1-2. The monoisotopic (exact) mass is 282 g/mol. The van der Waals surface area contributed by atoms with Gasteiger partial charge in [0.25, 0.3) is 0 Å². The minimum absolute atomic E-state index is 0.941. The maximum absolute atomic E-state index is 5.75. The van der Waals surface area contributed by atoms with E-state index in [-0.39, 0.29) is 0 Å². The first-order chi connectivity index (χ1) is 9.75. The van der Waals surface area contributed by atoms with Crippen LogP contribution in [0.4, 0.5) is 0 Å². The van der Waals surface area contributed by atoms with E-state index in [1.165, 1.54) is 27.4 Å². The van der Waals surface area contributed by atoms with Crippen molar-refractivity contribution in [1.82, 2.24) is 0 Å². The summed E-state index contributed by atoms with van der Waals surface area (Å²) in [6.07, 6.45) is 0.941. The molecule has 20 heavy (non-hydrogen) atoms. The average molecular weight is 282 g/mol. The second-order valence-corrected chi connectivity index (χ2v) is 8.04. The summed E-state index contributed by atoms with van der Waals surface area (Å²) in [5.41, 5.74) is 7.17. The summed E-state index contributed by atoms with van der Waals surface area (Å²) >= 11 is 0. The van der Waals surface area contributed by atoms with Gasteiger partial charge in [-0.15, -0.1) is 6.58 Å². The van der Waals surface area contributed by atoms with E-state index in [1.807, 2.05) is 5.70 Å². The Kier molecular flexibility index (Phi) is 3.34. The summed E-state index contributed by atoms with van der Waals surface area (Å²) in [6.45, 7) is 3.94. The maximum atomic E-state index is 5.75. The molecule has 0 heterocycles. The van der Waals surface area contributed by atoms with Gasteiger partial charge in [0.15, 0.2) is 0 Å². The van der Waals surface area contributed by atoms with E-state index in [0.717, 1.165) is 6.42 Å². The zero-order valence-corrected chi connectivity index (χ0v) is 12.8. The lowest BCUT2D eigenvalue weighted by atomic mass is 10.1. The molecule has 0 atom stereocenters. The fourth-order valence-electron chi connectivity index (χ4n) is 3.06. The quantitative estimate of drug-likeness (QED) is 0.685. The molecule has 3 rings (SSSR count). The van der Waals surface area contributed by atoms with Crippen LogP contribution in [0.15, 0.2) is 54.7 Å². The summed E-state index contributed by atoms with van der Waals surface area (Å²) < 4.78 is 11.5. The Labute approximate surface area is 120 Å². The maximum Gasteiger partial charge on any atom is 0.398 e. The lowest BCUT2D eigenvalue weighted by Gasteiger charge is -2.26. The van der Waals surface area contributed by atoms with Crippen molar-refractivity contribution in [3.63, 3.8) is 0 Å². The van der Waals surface area contributed by atoms with E-state index >= 15 is 0 Å². The lowest BCUT2D eigenvalue weighted by Crippen LogP contribution is -2.52. The van der Waals surface area contributed by atoms with Crippen LogP contribution < -0.4 is 5.19 Å². The highest BCUT2D eigenvalue weighted by atomic mass is 28.4. The van der Waals surface area contributed by atoms with Crippen LogP contribution >= 0.6 is 0 Å². The highest BCUT2D eigenvalue weighted by Crippen LogP contribution is 2.36. The van der Waals surface area contributed by atoms with Crippen molar-refractivity contribution in [3.05, 3.63) is 65.9 Å². The van der Waals surface area contributed by atoms with E-state index in [1.54, 1.807) is 14.2 Å². The molecule has 0 saturated heterocycles. The normalized spacial score (nSPS) is 12.9. The van der Waals surface area contributed by atoms with Crippen LogP contribution in [0.5, 0.6) is 0 Å². The molecule has 0 bridgehead atoms. The van der Waals surface area contributed by atoms with Crippen molar-refractivity contribution in [3.8, 4) is 11.1 Å². The first-order valence-electron chi connectivity index (χ1n) is 6.70. The molecule has 0 N–H and O–H groups in total. The molecule has 0 aromatic heterocycles. The van der Waals surface area contributed by atoms with Crippen molar-refractivity contribution in [2.75, 3.05) is 14.2 Å². The van der Waals surface area contributed by atoms with Crippen LogP contribution in [-0.2, 0) is 15.3 Å². The second kappa shape index (κ2) is 5.02. The van der Waals surface area contributed by atoms with Gasteiger partial charge in [-0.1, -0.05) is 42.5 Å². The molecule has 0 radical (unpaired) electrons. The Bertz CT molecular complexity index is 660. The predicted molar refractivity (Wildman–Crippen MR) is 84.3 cm³/mol. The van der Waals surface area contributed by atoms with E-state index < -0.39 is 8.56 Å². The largest absolute Gasteiger partial charge is 0.398 e. The third kappa shape index (κ3) is 1.78. The number of benzene rings is 2. The molecular formula is C17H18O2Si. The van der Waals surface area contributed by atoms with Crippen LogP contribution in [-0.4, -0.2) is 22.8 Å². The van der Waals surface area contributed by atoms with Gasteiger partial charge in [-0.2, -0.15) is 0 Å². The first kappa shape index (κ1) is 13.3. The second-order valence-electron chi connectivity index (χ2n) is 4.95. The number of hydrogen-bond donors (Lipinski definition) is 0. The topological polar surface area (TPSA) is 18.5 Å². The van der Waals surface area contributed by atoms with Gasteiger partial charge < -0.3 is 8.85 Å². The fourth-order valence-corrected chi connectivity index (χ4v) is 5.20. The zero-order valence-electron chi connectivity index (χ0n) is 11.8. The summed E-state index contributed by atoms with van der Waals surface area (Å²) in [5, 5.41) is 1.17. The van der Waals surface area contributed by atoms with Gasteiger partial charge in [0, 0.05) is 19.4 Å². The van der Waals surface area contributed by atoms with Gasteiger partial charge in [-0.3, -0.25) is 0 Å². The minimum atomic E-state index is -2.53. The standard InChI is InChI=1S/C17H18O2Si/c1-4-20(18-2,19-3)17-11-7-10-15-14-9-6-5-8-13(14)12-16(15)17/h4-11H,1,12H2,2-3H3. The number of rotatable bonds is 4. The van der Waals surface area contributed by atoms with Crippen LogP contribution in [0.2, 0.25) is 0 Å². The lowest BCUT2D eigenvalue weighted by molar-refractivity contribution is 0.271. The number of hydrogen-bond acceptors (Lipinski definition) is 2. The predicted octanol–water partition coefficient (Wildman–Crippen LogP) is 2.93. The number of fused-ring (bicyclic) bond motifs is 3. The Morgan fingerprint density at radius 1 is 1.00 bits per heavy atom. The van der Waals surface area contributed by atoms with Crippen molar-refractivity contribution in [2.24, 2.45) is 0 Å². The molecule has 2 nitrogen and oxygen atoms in total. The molecule has 2 aromatic carbocycles. The van der Waals surface area contributed by atoms with Crippen LogP contribution in [0.25, 0.3) is 11.1 Å². The van der Waals surface area contributed by atoms with Gasteiger partial charge in [0.2, 0.25) is 0 Å². The van der Waals surface area contributed by atoms with E-state index in [9.17, 15) is 0 Å². The van der Waals surface area contributed by atoms with Crippen molar-refractivity contribution >= 4 is 13.7 Å². The Morgan fingerprint density at radius 3 is 2.40 bits per heavy atom. The molecule has 102 valence electrons. The average Bonchev–Trinajstić information content (AvgIpc) is 2.89. The zero-order chi connectivity index (χ0) is 14.2. The molecular weight excluding hydrogens is 264 g/mol. The Morgan fingerprint density at radius 2 is 1.70 bits per heavy atom. The van der Waals surface area contributed by atoms with Crippen molar-refractivity contribution < 1.29 is 8.85 Å². The molecule has 0 amide bonds. The van der Waals surface area contributed by atoms with Crippen LogP contribution in [0, 0.1) is 0 Å². The molecule has 1 aliphatic carbocycles. The van der Waals surface area contributed by atoms with Gasteiger partial charge in [-0.25, -0.2) is 0 Å². The molecule has 0 unspecified atom stereocenters. The minimum Gasteiger partial charge on any atom is -0.391 e. The summed E-state index contributed by atoms with van der Waals surface area (Å²) in [5.74, 6) is 0. The molecule has 2 aromatic rings. The van der Waals surface area contributed by atoms with Crippen LogP contribution in [0.1, 0.15) is 11.1 Å². The van der Waals surface area contributed by atoms with Gasteiger partial charge >= 0.3 is 8.56 Å². The van der Waals surface area contributed by atoms with Crippen LogP contribution in [0.3, 0.4) is 0 Å². The molecule has 0 fully saturated rings. The van der Waals surface area contributed by atoms with Gasteiger partial charge in [0.1, 0.15) is 0 Å². The Hall–Kier alpha value is -1.68. The molecule has 0 spiro atoms. The third-order valence-electron chi connectivity index (χ3n) is 4.10. The highest BCUT2D eigenvalue weighted by Gasteiger charge is 2.38. The fraction of sp³-hybridized carbons (Fsp3) is 0.176. The van der Waals surface area contributed by atoms with E-state index in [2.05, 4.69) is 49.0 Å². The van der Waals surface area contributed by atoms with Gasteiger partial charge in [0.05, 0.1) is 0 Å². The molecule has 0 aliphatic heterocycles.